The molecule has 6 nitrogen and oxygen atoms in total. The lowest BCUT2D eigenvalue weighted by molar-refractivity contribution is 0.0948. The van der Waals surface area contributed by atoms with E-state index in [0.717, 1.165) is 0 Å². The minimum atomic E-state index is -0.511. The van der Waals surface area contributed by atoms with E-state index in [2.05, 4.69) is 20.9 Å². The highest BCUT2D eigenvalue weighted by molar-refractivity contribution is 6.30. The Balaban J connectivity index is 0.00000242. The lowest BCUT2D eigenvalue weighted by Gasteiger charge is -2.05. The van der Waals surface area contributed by atoms with Crippen LogP contribution in [0.5, 0.6) is 0 Å². The average Bonchev–Trinajstić information content (AvgIpc) is 2.84. The van der Waals surface area contributed by atoms with Crippen LogP contribution in [0.3, 0.4) is 0 Å². The Kier molecular flexibility index (Phi) is 6.73. The monoisotopic (exact) mass is 347 g/mol. The van der Waals surface area contributed by atoms with Crippen molar-refractivity contribution in [3.63, 3.8) is 0 Å². The van der Waals surface area contributed by atoms with Crippen molar-refractivity contribution in [2.24, 2.45) is 0 Å². The quantitative estimate of drug-likeness (QED) is 0.808. The van der Waals surface area contributed by atoms with Crippen molar-refractivity contribution >= 4 is 29.9 Å². The first kappa shape index (κ1) is 18.3. The Morgan fingerprint density at radius 3 is 2.77 bits per heavy atom. The molecule has 0 radical (unpaired) electrons. The van der Waals surface area contributed by atoms with Crippen LogP contribution < -0.4 is 10.6 Å². The number of nitrogens with one attached hydrogen (secondary N) is 2. The van der Waals surface area contributed by atoms with Gasteiger partial charge in [-0.05, 0) is 32.2 Å². The molecular formula is C13H16Cl2FN5O. The lowest BCUT2D eigenvalue weighted by atomic mass is 10.2. The Morgan fingerprint density at radius 1 is 1.41 bits per heavy atom. The summed E-state index contributed by atoms with van der Waals surface area (Å²) in [6.07, 6.45) is 0. The Labute approximate surface area is 138 Å². The number of benzene rings is 1. The second-order valence-corrected chi connectivity index (χ2v) is 4.80. The molecule has 0 aliphatic carbocycles. The van der Waals surface area contributed by atoms with Crippen molar-refractivity contribution in [1.82, 2.24) is 25.6 Å². The molecule has 2 N–H and O–H groups in total. The van der Waals surface area contributed by atoms with E-state index in [9.17, 15) is 9.18 Å². The minimum Gasteiger partial charge on any atom is -0.349 e. The summed E-state index contributed by atoms with van der Waals surface area (Å²) >= 11 is 5.75. The van der Waals surface area contributed by atoms with Crippen LogP contribution in [-0.4, -0.2) is 41.0 Å². The van der Waals surface area contributed by atoms with Crippen LogP contribution in [0.4, 0.5) is 4.39 Å². The Bertz CT molecular complexity index is 662. The van der Waals surface area contributed by atoms with Crippen molar-refractivity contribution in [1.29, 1.82) is 0 Å². The highest BCUT2D eigenvalue weighted by atomic mass is 35.5. The smallest absolute Gasteiger partial charge is 0.273 e. The molecule has 0 aliphatic heterocycles. The average molecular weight is 348 g/mol. The SMILES string of the molecule is CNCCNC(=O)c1nnn(-c2ccc(F)c(Cl)c2)c1C.Cl. The van der Waals surface area contributed by atoms with Crippen molar-refractivity contribution in [2.75, 3.05) is 20.1 Å². The van der Waals surface area contributed by atoms with Crippen molar-refractivity contribution < 1.29 is 9.18 Å². The molecule has 1 aromatic carbocycles. The molecule has 22 heavy (non-hydrogen) atoms. The first-order valence-corrected chi connectivity index (χ1v) is 6.73. The number of hydrogen-bond donors (Lipinski definition) is 2. The van der Waals surface area contributed by atoms with Gasteiger partial charge in [0.2, 0.25) is 0 Å². The Morgan fingerprint density at radius 2 is 2.14 bits per heavy atom. The van der Waals surface area contributed by atoms with E-state index in [-0.39, 0.29) is 29.0 Å². The first-order valence-electron chi connectivity index (χ1n) is 6.35. The van der Waals surface area contributed by atoms with E-state index in [1.807, 2.05) is 0 Å². The fourth-order valence-electron chi connectivity index (χ4n) is 1.79. The van der Waals surface area contributed by atoms with E-state index in [0.29, 0.717) is 24.5 Å². The number of aromatic nitrogens is 3. The van der Waals surface area contributed by atoms with Gasteiger partial charge in [-0.25, -0.2) is 9.07 Å². The molecule has 1 aromatic heterocycles. The number of likely N-dealkylation sites (N-methyl/N-ethyl adjacent to an activating group) is 1. The highest BCUT2D eigenvalue weighted by Gasteiger charge is 2.17. The summed E-state index contributed by atoms with van der Waals surface area (Å²) < 4.78 is 14.6. The minimum absolute atomic E-state index is 0. The van der Waals surface area contributed by atoms with Gasteiger partial charge in [-0.15, -0.1) is 17.5 Å². The molecule has 0 fully saturated rings. The maximum Gasteiger partial charge on any atom is 0.273 e. The van der Waals surface area contributed by atoms with Gasteiger partial charge in [0.25, 0.3) is 5.91 Å². The van der Waals surface area contributed by atoms with E-state index in [1.165, 1.54) is 22.9 Å². The third kappa shape index (κ3) is 3.94. The Hall–Kier alpha value is -1.70. The molecule has 2 rings (SSSR count). The zero-order chi connectivity index (χ0) is 15.4. The molecular weight excluding hydrogens is 332 g/mol. The predicted octanol–water partition coefficient (Wildman–Crippen LogP) is 1.74. The number of nitrogens with zero attached hydrogens (tertiary/aromatic N) is 3. The van der Waals surface area contributed by atoms with Crippen molar-refractivity contribution in [3.05, 3.63) is 40.4 Å². The lowest BCUT2D eigenvalue weighted by Crippen LogP contribution is -2.31. The van der Waals surface area contributed by atoms with Crippen LogP contribution in [0.25, 0.3) is 5.69 Å². The molecule has 9 heteroatoms. The van der Waals surface area contributed by atoms with E-state index in [1.54, 1.807) is 14.0 Å². The third-order valence-electron chi connectivity index (χ3n) is 2.92. The normalized spacial score (nSPS) is 10.2. The molecule has 120 valence electrons. The van der Waals surface area contributed by atoms with Gasteiger partial charge in [0, 0.05) is 13.1 Å². The van der Waals surface area contributed by atoms with E-state index >= 15 is 0 Å². The first-order chi connectivity index (χ1) is 10.0. The summed E-state index contributed by atoms with van der Waals surface area (Å²) in [5.41, 5.74) is 1.33. The summed E-state index contributed by atoms with van der Waals surface area (Å²) in [4.78, 5) is 12.0. The van der Waals surface area contributed by atoms with Gasteiger partial charge < -0.3 is 10.6 Å². The van der Waals surface area contributed by atoms with Crippen LogP contribution in [0.2, 0.25) is 5.02 Å². The van der Waals surface area contributed by atoms with Crippen molar-refractivity contribution in [2.45, 2.75) is 6.92 Å². The summed E-state index contributed by atoms with van der Waals surface area (Å²) in [5, 5.41) is 13.4. The number of amides is 1. The van der Waals surface area contributed by atoms with Gasteiger partial charge in [-0.2, -0.15) is 0 Å². The van der Waals surface area contributed by atoms with Crippen LogP contribution in [0.15, 0.2) is 18.2 Å². The van der Waals surface area contributed by atoms with Gasteiger partial charge in [-0.3, -0.25) is 4.79 Å². The van der Waals surface area contributed by atoms with Gasteiger partial charge in [0.1, 0.15) is 5.82 Å². The van der Waals surface area contributed by atoms with Gasteiger partial charge in [0.05, 0.1) is 16.4 Å². The van der Waals surface area contributed by atoms with Gasteiger partial charge >= 0.3 is 0 Å². The molecule has 1 heterocycles. The zero-order valence-electron chi connectivity index (χ0n) is 12.1. The standard InChI is InChI=1S/C13H15ClFN5O.ClH/c1-8-12(13(21)17-6-5-16-2)18-19-20(8)9-3-4-11(15)10(14)7-9;/h3-4,7,16H,5-6H2,1-2H3,(H,17,21);1H. The fraction of sp³-hybridized carbons (Fsp3) is 0.308. The topological polar surface area (TPSA) is 71.8 Å². The second-order valence-electron chi connectivity index (χ2n) is 4.39. The third-order valence-corrected chi connectivity index (χ3v) is 3.21. The van der Waals surface area contributed by atoms with Crippen LogP contribution in [0.1, 0.15) is 16.2 Å². The number of halogens is 3. The molecule has 1 amide bonds. The van der Waals surface area contributed by atoms with Gasteiger partial charge in [-0.1, -0.05) is 16.8 Å². The zero-order valence-corrected chi connectivity index (χ0v) is 13.6. The largest absolute Gasteiger partial charge is 0.349 e. The van der Waals surface area contributed by atoms with Gasteiger partial charge in [0.15, 0.2) is 5.69 Å². The number of rotatable bonds is 5. The number of carbonyl (C=O) groups is 1. The second kappa shape index (κ2) is 8.07. The number of carbonyl (C=O) groups excluding carboxylic acids is 1. The van der Waals surface area contributed by atoms with E-state index in [4.69, 9.17) is 11.6 Å². The fourth-order valence-corrected chi connectivity index (χ4v) is 1.96. The van der Waals surface area contributed by atoms with Crippen LogP contribution >= 0.6 is 24.0 Å². The molecule has 2 aromatic rings. The van der Waals surface area contributed by atoms with E-state index < -0.39 is 5.82 Å². The summed E-state index contributed by atoms with van der Waals surface area (Å²) in [6.45, 7) is 2.86. The molecule has 0 spiro atoms. The molecule has 0 saturated heterocycles. The maximum absolute atomic E-state index is 13.2. The molecule has 0 aliphatic rings. The predicted molar refractivity (Wildman–Crippen MR) is 84.6 cm³/mol. The summed E-state index contributed by atoms with van der Waals surface area (Å²) in [7, 11) is 1.80. The summed E-state index contributed by atoms with van der Waals surface area (Å²) in [5.74, 6) is -0.814. The molecule has 0 unspecified atom stereocenters. The molecule has 0 bridgehead atoms. The molecule has 0 atom stereocenters. The van der Waals surface area contributed by atoms with Crippen LogP contribution in [0, 0.1) is 12.7 Å². The molecule has 0 saturated carbocycles. The van der Waals surface area contributed by atoms with Crippen LogP contribution in [-0.2, 0) is 0 Å². The number of hydrogen-bond acceptors (Lipinski definition) is 4. The summed E-state index contributed by atoms with van der Waals surface area (Å²) in [6, 6.07) is 4.19. The van der Waals surface area contributed by atoms with Crippen molar-refractivity contribution in [3.8, 4) is 5.69 Å². The highest BCUT2D eigenvalue weighted by Crippen LogP contribution is 2.20. The maximum atomic E-state index is 13.2.